The lowest BCUT2D eigenvalue weighted by Gasteiger charge is -2.27. The highest BCUT2D eigenvalue weighted by molar-refractivity contribution is 6.29. The van der Waals surface area contributed by atoms with Crippen molar-refractivity contribution in [1.29, 1.82) is 0 Å². The summed E-state index contributed by atoms with van der Waals surface area (Å²) < 4.78 is 11.6. The number of rotatable bonds is 3. The molecule has 0 aliphatic carbocycles. The van der Waals surface area contributed by atoms with Crippen LogP contribution in [0, 0.1) is 0 Å². The summed E-state index contributed by atoms with van der Waals surface area (Å²) in [6, 6.07) is 15.8. The molecular formula is C24H29Cl2N3O2. The van der Waals surface area contributed by atoms with Gasteiger partial charge in [0.25, 0.3) is 0 Å². The summed E-state index contributed by atoms with van der Waals surface area (Å²) in [7, 11) is 0. The first-order valence-electron chi connectivity index (χ1n) is 10.7. The van der Waals surface area contributed by atoms with E-state index < -0.39 is 0 Å². The van der Waals surface area contributed by atoms with Crippen LogP contribution in [0.1, 0.15) is 37.2 Å². The van der Waals surface area contributed by atoms with Crippen molar-refractivity contribution in [3.8, 4) is 5.88 Å². The molecule has 0 spiro atoms. The Morgan fingerprint density at radius 2 is 1.71 bits per heavy atom. The molecule has 166 valence electrons. The van der Waals surface area contributed by atoms with Gasteiger partial charge in [-0.3, -0.25) is 0 Å². The molecule has 1 N–H and O–H groups in total. The third kappa shape index (κ3) is 6.78. The normalized spacial score (nSPS) is 17.3. The van der Waals surface area contributed by atoms with Gasteiger partial charge in [0, 0.05) is 30.4 Å². The lowest BCUT2D eigenvalue weighted by Crippen LogP contribution is -2.34. The molecule has 4 heterocycles. The molecule has 1 aromatic carbocycles. The minimum Gasteiger partial charge on any atom is -0.474 e. The van der Waals surface area contributed by atoms with E-state index in [0.29, 0.717) is 17.2 Å². The van der Waals surface area contributed by atoms with Crippen molar-refractivity contribution < 1.29 is 9.47 Å². The first-order valence-corrected chi connectivity index (χ1v) is 11.1. The lowest BCUT2D eigenvalue weighted by molar-refractivity contribution is 0.0832. The molecule has 7 heteroatoms. The molecule has 0 radical (unpaired) electrons. The van der Waals surface area contributed by atoms with Crippen LogP contribution in [-0.2, 0) is 4.74 Å². The zero-order valence-electron chi connectivity index (χ0n) is 17.5. The Morgan fingerprint density at radius 1 is 0.935 bits per heavy atom. The zero-order chi connectivity index (χ0) is 20.6. The predicted molar refractivity (Wildman–Crippen MR) is 128 cm³/mol. The van der Waals surface area contributed by atoms with Crippen LogP contribution in [-0.4, -0.2) is 42.4 Å². The third-order valence-electron chi connectivity index (χ3n) is 5.59. The molecule has 0 atom stereocenters. The second kappa shape index (κ2) is 12.2. The van der Waals surface area contributed by atoms with Crippen molar-refractivity contribution >= 4 is 34.9 Å². The Labute approximate surface area is 194 Å². The van der Waals surface area contributed by atoms with Gasteiger partial charge in [-0.05, 0) is 69.0 Å². The smallest absolute Gasteiger partial charge is 0.217 e. The van der Waals surface area contributed by atoms with Gasteiger partial charge < -0.3 is 14.8 Å². The number of hydrogen-bond donors (Lipinski definition) is 1. The van der Waals surface area contributed by atoms with E-state index in [1.807, 2.05) is 42.6 Å². The van der Waals surface area contributed by atoms with Gasteiger partial charge >= 0.3 is 0 Å². The van der Waals surface area contributed by atoms with Gasteiger partial charge in [0.2, 0.25) is 5.88 Å². The first-order chi connectivity index (χ1) is 14.8. The fraction of sp³-hybridized carbons (Fsp3) is 0.417. The summed E-state index contributed by atoms with van der Waals surface area (Å²) >= 11 is 5.71. The van der Waals surface area contributed by atoms with E-state index in [1.165, 1.54) is 5.56 Å². The molecule has 2 aliphatic heterocycles. The number of fused-ring (bicyclic) bond motifs is 1. The first kappa shape index (κ1) is 23.7. The van der Waals surface area contributed by atoms with Crippen molar-refractivity contribution in [1.82, 2.24) is 15.3 Å². The van der Waals surface area contributed by atoms with Gasteiger partial charge in [-0.15, -0.1) is 12.4 Å². The molecule has 0 saturated carbocycles. The number of para-hydroxylation sites is 1. The Hall–Kier alpha value is -1.92. The maximum Gasteiger partial charge on any atom is 0.217 e. The van der Waals surface area contributed by atoms with Gasteiger partial charge in [-0.1, -0.05) is 35.9 Å². The van der Waals surface area contributed by atoms with Gasteiger partial charge in [0.15, 0.2) is 0 Å². The van der Waals surface area contributed by atoms with Crippen LogP contribution in [0.4, 0.5) is 0 Å². The summed E-state index contributed by atoms with van der Waals surface area (Å²) in [6.45, 7) is 3.80. The molecular weight excluding hydrogens is 433 g/mol. The molecule has 0 amide bonds. The van der Waals surface area contributed by atoms with Crippen LogP contribution in [0.25, 0.3) is 10.9 Å². The Morgan fingerprint density at radius 3 is 2.52 bits per heavy atom. The summed E-state index contributed by atoms with van der Waals surface area (Å²) in [5.41, 5.74) is 2.21. The Kier molecular flexibility index (Phi) is 9.34. The van der Waals surface area contributed by atoms with Crippen LogP contribution in [0.2, 0.25) is 5.15 Å². The number of benzene rings is 1. The predicted octanol–water partition coefficient (Wildman–Crippen LogP) is 5.42. The highest BCUT2D eigenvalue weighted by atomic mass is 35.5. The number of nitrogens with one attached hydrogen (secondary N) is 1. The highest BCUT2D eigenvalue weighted by Crippen LogP contribution is 2.33. The van der Waals surface area contributed by atoms with Crippen LogP contribution >= 0.6 is 24.0 Å². The fourth-order valence-corrected chi connectivity index (χ4v) is 4.09. The number of aromatic nitrogens is 2. The molecule has 0 unspecified atom stereocenters. The van der Waals surface area contributed by atoms with E-state index in [0.717, 1.165) is 68.8 Å². The SMILES string of the molecule is Cl.Clc1ccc2ccccc2n1.c1cnc(OC2CCNCC2)c(C2CCOCC2)c1. The van der Waals surface area contributed by atoms with Gasteiger partial charge in [0.05, 0.1) is 5.52 Å². The average molecular weight is 462 g/mol. The minimum absolute atomic E-state index is 0. The summed E-state index contributed by atoms with van der Waals surface area (Å²) in [6.07, 6.45) is 6.45. The van der Waals surface area contributed by atoms with Crippen molar-refractivity contribution in [2.45, 2.75) is 37.7 Å². The maximum atomic E-state index is 6.15. The second-order valence-electron chi connectivity index (χ2n) is 7.68. The molecule has 2 saturated heterocycles. The van der Waals surface area contributed by atoms with Crippen LogP contribution < -0.4 is 10.1 Å². The second-order valence-corrected chi connectivity index (χ2v) is 8.07. The van der Waals surface area contributed by atoms with E-state index in [-0.39, 0.29) is 12.4 Å². The van der Waals surface area contributed by atoms with E-state index in [2.05, 4.69) is 21.4 Å². The van der Waals surface area contributed by atoms with Crippen molar-refractivity contribution in [3.63, 3.8) is 0 Å². The number of pyridine rings is 2. The largest absolute Gasteiger partial charge is 0.474 e. The van der Waals surface area contributed by atoms with Gasteiger partial charge in [-0.2, -0.15) is 0 Å². The lowest BCUT2D eigenvalue weighted by atomic mass is 9.92. The molecule has 5 nitrogen and oxygen atoms in total. The number of piperidine rings is 1. The highest BCUT2D eigenvalue weighted by Gasteiger charge is 2.22. The molecule has 2 aliphatic rings. The molecule has 3 aromatic rings. The number of ether oxygens (including phenoxy) is 2. The van der Waals surface area contributed by atoms with Crippen molar-refractivity contribution in [2.24, 2.45) is 0 Å². The molecule has 2 fully saturated rings. The van der Waals surface area contributed by atoms with E-state index in [1.54, 1.807) is 6.07 Å². The zero-order valence-corrected chi connectivity index (χ0v) is 19.1. The Bertz CT molecular complexity index is 945. The average Bonchev–Trinajstić information content (AvgIpc) is 2.81. The van der Waals surface area contributed by atoms with Crippen molar-refractivity contribution in [3.05, 3.63) is 65.4 Å². The summed E-state index contributed by atoms with van der Waals surface area (Å²) in [5, 5.41) is 5.03. The quantitative estimate of drug-likeness (QED) is 0.527. The third-order valence-corrected chi connectivity index (χ3v) is 5.80. The fourth-order valence-electron chi connectivity index (χ4n) is 3.93. The Balaban J connectivity index is 0.000000194. The molecule has 31 heavy (non-hydrogen) atoms. The van der Waals surface area contributed by atoms with Crippen LogP contribution in [0.3, 0.4) is 0 Å². The molecule has 0 bridgehead atoms. The molecule has 2 aromatic heterocycles. The van der Waals surface area contributed by atoms with Gasteiger partial charge in [0.1, 0.15) is 11.3 Å². The monoisotopic (exact) mass is 461 g/mol. The van der Waals surface area contributed by atoms with E-state index in [4.69, 9.17) is 21.1 Å². The maximum absolute atomic E-state index is 6.15. The van der Waals surface area contributed by atoms with Gasteiger partial charge in [-0.25, -0.2) is 9.97 Å². The minimum atomic E-state index is 0. The number of hydrogen-bond acceptors (Lipinski definition) is 5. The molecule has 5 rings (SSSR count). The van der Waals surface area contributed by atoms with E-state index in [9.17, 15) is 0 Å². The summed E-state index contributed by atoms with van der Waals surface area (Å²) in [4.78, 5) is 8.61. The van der Waals surface area contributed by atoms with Crippen molar-refractivity contribution in [2.75, 3.05) is 26.3 Å². The number of nitrogens with zero attached hydrogens (tertiary/aromatic N) is 2. The van der Waals surface area contributed by atoms with Crippen LogP contribution in [0.5, 0.6) is 5.88 Å². The number of halogens is 2. The van der Waals surface area contributed by atoms with Crippen LogP contribution in [0.15, 0.2) is 54.7 Å². The topological polar surface area (TPSA) is 56.3 Å². The van der Waals surface area contributed by atoms with E-state index >= 15 is 0 Å². The standard InChI is InChI=1S/C15H22N2O2.C9H6ClN.ClH/c1-2-14(12-5-10-18-11-6-12)15(17-7-1)19-13-3-8-16-9-4-13;10-9-6-5-7-3-1-2-4-8(7)11-9;/h1-2,7,12-13,16H,3-6,8-11H2;1-6H;1H. The summed E-state index contributed by atoms with van der Waals surface area (Å²) in [5.74, 6) is 1.39.